The molecule has 3 heteroatoms. The largest absolute Gasteiger partial charge is 0.466 e. The third-order valence-electron chi connectivity index (χ3n) is 2.58. The lowest BCUT2D eigenvalue weighted by Crippen LogP contribution is -2.18. The van der Waals surface area contributed by atoms with Gasteiger partial charge in [0.2, 0.25) is 0 Å². The van der Waals surface area contributed by atoms with Gasteiger partial charge in [-0.25, -0.2) is 0 Å². The van der Waals surface area contributed by atoms with Gasteiger partial charge in [0.25, 0.3) is 0 Å². The molecule has 1 aliphatic carbocycles. The van der Waals surface area contributed by atoms with Crippen molar-refractivity contribution in [2.45, 2.75) is 25.9 Å². The van der Waals surface area contributed by atoms with Crippen LogP contribution in [0.25, 0.3) is 0 Å². The second-order valence-corrected chi connectivity index (χ2v) is 3.60. The van der Waals surface area contributed by atoms with Crippen molar-refractivity contribution in [1.82, 2.24) is 0 Å². The molecule has 1 atom stereocenters. The van der Waals surface area contributed by atoms with Crippen molar-refractivity contribution in [3.8, 4) is 0 Å². The number of aliphatic hydroxyl groups is 1. The molecular formula is C12H14O3. The van der Waals surface area contributed by atoms with Crippen LogP contribution in [0.5, 0.6) is 0 Å². The summed E-state index contributed by atoms with van der Waals surface area (Å²) in [6.07, 6.45) is 9.57. The predicted octanol–water partition coefficient (Wildman–Crippen LogP) is 2.37. The minimum Gasteiger partial charge on any atom is -0.466 e. The number of ether oxygens (including phenoxy) is 2. The third kappa shape index (κ3) is 2.13. The summed E-state index contributed by atoms with van der Waals surface area (Å²) >= 11 is 0. The molecule has 0 aromatic heterocycles. The Labute approximate surface area is 89.0 Å². The van der Waals surface area contributed by atoms with Crippen LogP contribution in [-0.2, 0) is 9.47 Å². The molecule has 0 bridgehead atoms. The number of allylic oxidation sites excluding steroid dienone is 3. The van der Waals surface area contributed by atoms with Gasteiger partial charge in [-0.15, -0.1) is 0 Å². The van der Waals surface area contributed by atoms with Crippen LogP contribution < -0.4 is 0 Å². The van der Waals surface area contributed by atoms with Crippen LogP contribution >= 0.6 is 0 Å². The Morgan fingerprint density at radius 3 is 2.93 bits per heavy atom. The van der Waals surface area contributed by atoms with E-state index in [1.165, 1.54) is 18.8 Å². The van der Waals surface area contributed by atoms with E-state index in [1.54, 1.807) is 0 Å². The fraction of sp³-hybridized carbons (Fsp3) is 0.333. The van der Waals surface area contributed by atoms with Crippen LogP contribution in [0, 0.1) is 0 Å². The lowest BCUT2D eigenvalue weighted by molar-refractivity contribution is 0.143. The first-order valence-electron chi connectivity index (χ1n) is 5.00. The van der Waals surface area contributed by atoms with E-state index < -0.39 is 6.10 Å². The van der Waals surface area contributed by atoms with Gasteiger partial charge in [-0.1, -0.05) is 12.2 Å². The van der Waals surface area contributed by atoms with E-state index in [0.717, 1.165) is 24.0 Å². The number of hydrogen-bond donors (Lipinski definition) is 1. The van der Waals surface area contributed by atoms with Gasteiger partial charge >= 0.3 is 0 Å². The second-order valence-electron chi connectivity index (χ2n) is 3.60. The highest BCUT2D eigenvalue weighted by Crippen LogP contribution is 2.26. The Hall–Kier alpha value is -1.48. The Balaban J connectivity index is 2.16. The van der Waals surface area contributed by atoms with Crippen molar-refractivity contribution in [3.05, 3.63) is 47.8 Å². The van der Waals surface area contributed by atoms with E-state index in [-0.39, 0.29) is 0 Å². The van der Waals surface area contributed by atoms with Gasteiger partial charge < -0.3 is 14.6 Å². The highest BCUT2D eigenvalue weighted by Gasteiger charge is 2.21. The number of aliphatic hydroxyl groups excluding tert-OH is 1. The summed E-state index contributed by atoms with van der Waals surface area (Å²) in [6, 6.07) is 0. The monoisotopic (exact) mass is 206 g/mol. The molecule has 2 rings (SSSR count). The first-order valence-corrected chi connectivity index (χ1v) is 5.00. The maximum Gasteiger partial charge on any atom is 0.171 e. The zero-order chi connectivity index (χ0) is 10.7. The quantitative estimate of drug-likeness (QED) is 0.753. The molecule has 0 aromatic rings. The smallest absolute Gasteiger partial charge is 0.171 e. The normalized spacial score (nSPS) is 21.9. The van der Waals surface area contributed by atoms with Crippen LogP contribution in [0.4, 0.5) is 0 Å². The molecule has 0 amide bonds. The molecule has 1 aliphatic heterocycles. The highest BCUT2D eigenvalue weighted by molar-refractivity contribution is 5.33. The molecule has 3 nitrogen and oxygen atoms in total. The SMILES string of the molecule is CC1=C([C@H](O)C2=COC=CO2)CCC=C1. The maximum absolute atomic E-state index is 10.1. The van der Waals surface area contributed by atoms with Gasteiger partial charge in [0.15, 0.2) is 5.76 Å². The number of hydrogen-bond acceptors (Lipinski definition) is 3. The van der Waals surface area contributed by atoms with E-state index >= 15 is 0 Å². The summed E-state index contributed by atoms with van der Waals surface area (Å²) in [6.45, 7) is 1.99. The molecule has 0 aromatic carbocycles. The van der Waals surface area contributed by atoms with Crippen LogP contribution in [0.2, 0.25) is 0 Å². The molecule has 2 aliphatic rings. The molecule has 1 N–H and O–H groups in total. The fourth-order valence-electron chi connectivity index (χ4n) is 1.73. The van der Waals surface area contributed by atoms with Crippen molar-refractivity contribution in [3.63, 3.8) is 0 Å². The molecule has 0 radical (unpaired) electrons. The summed E-state index contributed by atoms with van der Waals surface area (Å²) in [5.74, 6) is 0.446. The molecule has 0 unspecified atom stereocenters. The van der Waals surface area contributed by atoms with Gasteiger partial charge in [0.05, 0.1) is 0 Å². The summed E-state index contributed by atoms with van der Waals surface area (Å²) < 4.78 is 10.1. The van der Waals surface area contributed by atoms with E-state index in [4.69, 9.17) is 9.47 Å². The van der Waals surface area contributed by atoms with E-state index in [1.807, 2.05) is 13.0 Å². The molecule has 15 heavy (non-hydrogen) atoms. The van der Waals surface area contributed by atoms with Crippen molar-refractivity contribution in [2.24, 2.45) is 0 Å². The standard InChI is InChI=1S/C12H14O3/c1-9-4-2-3-5-10(9)12(13)11-8-14-6-7-15-11/h2,4,6-8,12-13H,3,5H2,1H3/t12-/m0/s1. The summed E-state index contributed by atoms with van der Waals surface area (Å²) in [5.41, 5.74) is 2.11. The molecule has 80 valence electrons. The molecule has 0 saturated heterocycles. The van der Waals surface area contributed by atoms with Crippen molar-refractivity contribution < 1.29 is 14.6 Å². The third-order valence-corrected chi connectivity index (χ3v) is 2.58. The van der Waals surface area contributed by atoms with Crippen molar-refractivity contribution >= 4 is 0 Å². The first-order chi connectivity index (χ1) is 7.29. The Morgan fingerprint density at radius 2 is 2.27 bits per heavy atom. The maximum atomic E-state index is 10.1. The van der Waals surface area contributed by atoms with Crippen molar-refractivity contribution in [1.29, 1.82) is 0 Å². The average molecular weight is 206 g/mol. The van der Waals surface area contributed by atoms with Gasteiger partial charge in [-0.2, -0.15) is 0 Å². The van der Waals surface area contributed by atoms with Crippen LogP contribution in [-0.4, -0.2) is 11.2 Å². The average Bonchev–Trinajstić information content (AvgIpc) is 2.30. The summed E-state index contributed by atoms with van der Waals surface area (Å²) in [5, 5.41) is 10.1. The topological polar surface area (TPSA) is 38.7 Å². The fourth-order valence-corrected chi connectivity index (χ4v) is 1.73. The molecule has 0 fully saturated rings. The lowest BCUT2D eigenvalue weighted by Gasteiger charge is -2.21. The van der Waals surface area contributed by atoms with Gasteiger partial charge in [0, 0.05) is 0 Å². The highest BCUT2D eigenvalue weighted by atomic mass is 16.5. The first kappa shape index (κ1) is 10.1. The minimum atomic E-state index is -0.695. The summed E-state index contributed by atoms with van der Waals surface area (Å²) in [4.78, 5) is 0. The van der Waals surface area contributed by atoms with Crippen molar-refractivity contribution in [2.75, 3.05) is 0 Å². The van der Waals surface area contributed by atoms with E-state index in [2.05, 4.69) is 6.08 Å². The van der Waals surface area contributed by atoms with Gasteiger partial charge in [0.1, 0.15) is 24.9 Å². The molecule has 1 heterocycles. The Bertz CT molecular complexity index is 361. The minimum absolute atomic E-state index is 0.446. The molecular weight excluding hydrogens is 192 g/mol. The van der Waals surface area contributed by atoms with Crippen LogP contribution in [0.3, 0.4) is 0 Å². The zero-order valence-corrected chi connectivity index (χ0v) is 8.64. The Morgan fingerprint density at radius 1 is 1.40 bits per heavy atom. The summed E-state index contributed by atoms with van der Waals surface area (Å²) in [7, 11) is 0. The van der Waals surface area contributed by atoms with E-state index in [0.29, 0.717) is 5.76 Å². The lowest BCUT2D eigenvalue weighted by atomic mass is 9.93. The predicted molar refractivity (Wildman–Crippen MR) is 56.5 cm³/mol. The number of rotatable bonds is 2. The van der Waals surface area contributed by atoms with Gasteiger partial charge in [-0.3, -0.25) is 0 Å². The second kappa shape index (κ2) is 4.36. The van der Waals surface area contributed by atoms with Crippen LogP contribution in [0.1, 0.15) is 19.8 Å². The molecule has 0 spiro atoms. The Kier molecular flexibility index (Phi) is 2.92. The van der Waals surface area contributed by atoms with Crippen LogP contribution in [0.15, 0.2) is 47.8 Å². The van der Waals surface area contributed by atoms with Gasteiger partial charge in [-0.05, 0) is 30.9 Å². The zero-order valence-electron chi connectivity index (χ0n) is 8.64. The van der Waals surface area contributed by atoms with E-state index in [9.17, 15) is 5.11 Å². The molecule has 0 saturated carbocycles.